The molecule has 86 valence electrons. The van der Waals surface area contributed by atoms with E-state index in [0.717, 1.165) is 0 Å². The lowest BCUT2D eigenvalue weighted by molar-refractivity contribution is -0.141. The molecule has 0 aromatic heterocycles. The van der Waals surface area contributed by atoms with Crippen LogP contribution in [-0.2, 0) is 14.4 Å². The van der Waals surface area contributed by atoms with Gasteiger partial charge in [0.05, 0.1) is 12.6 Å². The van der Waals surface area contributed by atoms with Gasteiger partial charge < -0.3 is 21.5 Å². The molecule has 5 N–H and O–H groups in total. The first-order valence-corrected chi connectivity index (χ1v) is 4.40. The Kier molecular flexibility index (Phi) is 5.32. The first-order chi connectivity index (χ1) is 6.84. The number of carboxylic acids is 1. The SMILES string of the molecule is C[C@@H](N)C(=O)NCC(=O)N[C@H](C)C(=O)O. The molecule has 0 unspecified atom stereocenters. The lowest BCUT2D eigenvalue weighted by atomic mass is 10.3. The molecular formula is C8H15N3O4. The number of rotatable bonds is 5. The van der Waals surface area contributed by atoms with Crippen LogP contribution < -0.4 is 16.4 Å². The van der Waals surface area contributed by atoms with Gasteiger partial charge in [-0.25, -0.2) is 0 Å². The van der Waals surface area contributed by atoms with E-state index in [4.69, 9.17) is 10.8 Å². The molecule has 0 aromatic rings. The first-order valence-electron chi connectivity index (χ1n) is 4.40. The van der Waals surface area contributed by atoms with Gasteiger partial charge in [-0.15, -0.1) is 0 Å². The molecule has 0 fully saturated rings. The molecule has 7 heteroatoms. The van der Waals surface area contributed by atoms with E-state index in [1.165, 1.54) is 13.8 Å². The van der Waals surface area contributed by atoms with E-state index in [1.54, 1.807) is 0 Å². The summed E-state index contributed by atoms with van der Waals surface area (Å²) in [4.78, 5) is 32.3. The Bertz CT molecular complexity index is 265. The number of nitrogens with one attached hydrogen (secondary N) is 2. The Balaban J connectivity index is 3.86. The lowest BCUT2D eigenvalue weighted by Gasteiger charge is -2.10. The van der Waals surface area contributed by atoms with Crippen LogP contribution in [0.2, 0.25) is 0 Å². The van der Waals surface area contributed by atoms with Crippen molar-refractivity contribution in [3.8, 4) is 0 Å². The maximum Gasteiger partial charge on any atom is 0.325 e. The van der Waals surface area contributed by atoms with Crippen molar-refractivity contribution in [2.75, 3.05) is 6.54 Å². The summed E-state index contributed by atoms with van der Waals surface area (Å²) in [6.45, 7) is 2.53. The third-order valence-electron chi connectivity index (χ3n) is 1.58. The van der Waals surface area contributed by atoms with Gasteiger partial charge in [0.25, 0.3) is 0 Å². The van der Waals surface area contributed by atoms with E-state index in [-0.39, 0.29) is 6.54 Å². The molecule has 0 aliphatic carbocycles. The smallest absolute Gasteiger partial charge is 0.325 e. The van der Waals surface area contributed by atoms with E-state index >= 15 is 0 Å². The quantitative estimate of drug-likeness (QED) is 0.426. The average molecular weight is 217 g/mol. The van der Waals surface area contributed by atoms with Gasteiger partial charge in [-0.3, -0.25) is 14.4 Å². The minimum absolute atomic E-state index is 0.280. The molecule has 15 heavy (non-hydrogen) atoms. The lowest BCUT2D eigenvalue weighted by Crippen LogP contribution is -2.46. The number of carboxylic acid groups (broad SMARTS) is 1. The fraction of sp³-hybridized carbons (Fsp3) is 0.625. The molecule has 2 atom stereocenters. The summed E-state index contributed by atoms with van der Waals surface area (Å²) in [5, 5.41) is 12.9. The molecule has 0 bridgehead atoms. The van der Waals surface area contributed by atoms with Gasteiger partial charge in [-0.1, -0.05) is 0 Å². The molecule has 0 spiro atoms. The fourth-order valence-corrected chi connectivity index (χ4v) is 0.683. The van der Waals surface area contributed by atoms with Gasteiger partial charge in [0.15, 0.2) is 0 Å². The Morgan fingerprint density at radius 1 is 1.33 bits per heavy atom. The molecule has 2 amide bonds. The second-order valence-corrected chi connectivity index (χ2v) is 3.13. The van der Waals surface area contributed by atoms with Crippen LogP contribution in [0.15, 0.2) is 0 Å². The predicted molar refractivity (Wildman–Crippen MR) is 51.9 cm³/mol. The van der Waals surface area contributed by atoms with Crippen LogP contribution in [0, 0.1) is 0 Å². The molecule has 0 aromatic carbocycles. The third-order valence-corrected chi connectivity index (χ3v) is 1.58. The molecule has 0 aliphatic heterocycles. The number of amides is 2. The van der Waals surface area contributed by atoms with Crippen molar-refractivity contribution in [1.82, 2.24) is 10.6 Å². The minimum atomic E-state index is -1.14. The Labute approximate surface area is 87.0 Å². The minimum Gasteiger partial charge on any atom is -0.480 e. The van der Waals surface area contributed by atoms with Gasteiger partial charge >= 0.3 is 5.97 Å². The summed E-state index contributed by atoms with van der Waals surface area (Å²) in [6.07, 6.45) is 0. The highest BCUT2D eigenvalue weighted by atomic mass is 16.4. The highest BCUT2D eigenvalue weighted by Crippen LogP contribution is 1.81. The fourth-order valence-electron chi connectivity index (χ4n) is 0.683. The van der Waals surface area contributed by atoms with Crippen molar-refractivity contribution >= 4 is 17.8 Å². The maximum absolute atomic E-state index is 11.1. The largest absolute Gasteiger partial charge is 0.480 e. The van der Waals surface area contributed by atoms with Crippen LogP contribution in [0.25, 0.3) is 0 Å². The monoisotopic (exact) mass is 217 g/mol. The van der Waals surface area contributed by atoms with Gasteiger partial charge in [-0.2, -0.15) is 0 Å². The van der Waals surface area contributed by atoms with Crippen LogP contribution in [0.5, 0.6) is 0 Å². The zero-order chi connectivity index (χ0) is 12.0. The van der Waals surface area contributed by atoms with Crippen LogP contribution in [0.1, 0.15) is 13.8 Å². The summed E-state index contributed by atoms with van der Waals surface area (Å²) in [7, 11) is 0. The zero-order valence-electron chi connectivity index (χ0n) is 8.61. The predicted octanol–water partition coefficient (Wildman–Crippen LogP) is -1.96. The van der Waals surface area contributed by atoms with E-state index < -0.39 is 29.9 Å². The van der Waals surface area contributed by atoms with Crippen molar-refractivity contribution in [2.24, 2.45) is 5.73 Å². The van der Waals surface area contributed by atoms with Gasteiger partial charge in [0.1, 0.15) is 6.04 Å². The summed E-state index contributed by atoms with van der Waals surface area (Å²) < 4.78 is 0. The summed E-state index contributed by atoms with van der Waals surface area (Å²) in [5.74, 6) is -2.17. The number of carbonyl (C=O) groups is 3. The van der Waals surface area contributed by atoms with E-state index in [9.17, 15) is 14.4 Å². The van der Waals surface area contributed by atoms with Gasteiger partial charge in [-0.05, 0) is 13.8 Å². The average Bonchev–Trinajstić information content (AvgIpc) is 2.13. The number of carbonyl (C=O) groups excluding carboxylic acids is 2. The van der Waals surface area contributed by atoms with E-state index in [1.807, 2.05) is 0 Å². The number of hydrogen-bond acceptors (Lipinski definition) is 4. The van der Waals surface area contributed by atoms with Gasteiger partial charge in [0.2, 0.25) is 11.8 Å². The number of hydrogen-bond donors (Lipinski definition) is 4. The Morgan fingerprint density at radius 3 is 2.27 bits per heavy atom. The second kappa shape index (κ2) is 5.97. The Morgan fingerprint density at radius 2 is 1.87 bits per heavy atom. The second-order valence-electron chi connectivity index (χ2n) is 3.13. The number of nitrogens with two attached hydrogens (primary N) is 1. The molecule has 0 radical (unpaired) electrons. The molecular weight excluding hydrogens is 202 g/mol. The van der Waals surface area contributed by atoms with Crippen molar-refractivity contribution < 1.29 is 19.5 Å². The number of aliphatic carboxylic acids is 1. The van der Waals surface area contributed by atoms with Crippen molar-refractivity contribution in [3.05, 3.63) is 0 Å². The summed E-state index contributed by atoms with van der Waals surface area (Å²) >= 11 is 0. The summed E-state index contributed by atoms with van der Waals surface area (Å²) in [6, 6.07) is -1.68. The topological polar surface area (TPSA) is 122 Å². The zero-order valence-corrected chi connectivity index (χ0v) is 8.61. The van der Waals surface area contributed by atoms with E-state index in [2.05, 4.69) is 10.6 Å². The summed E-state index contributed by atoms with van der Waals surface area (Å²) in [5.41, 5.74) is 5.23. The first kappa shape index (κ1) is 13.4. The Hall–Kier alpha value is -1.63. The van der Waals surface area contributed by atoms with Gasteiger partial charge in [0, 0.05) is 0 Å². The normalized spacial score (nSPS) is 13.8. The standard InChI is InChI=1S/C8H15N3O4/c1-4(9)7(13)10-3-6(12)11-5(2)8(14)15/h4-5H,3,9H2,1-2H3,(H,10,13)(H,11,12)(H,14,15)/t4-,5-/m1/s1. The van der Waals surface area contributed by atoms with Crippen LogP contribution >= 0.6 is 0 Å². The van der Waals surface area contributed by atoms with Crippen LogP contribution in [-0.4, -0.2) is 41.5 Å². The van der Waals surface area contributed by atoms with Crippen molar-refractivity contribution in [1.29, 1.82) is 0 Å². The van der Waals surface area contributed by atoms with Crippen LogP contribution in [0.4, 0.5) is 0 Å². The molecule has 0 saturated heterocycles. The molecule has 7 nitrogen and oxygen atoms in total. The van der Waals surface area contributed by atoms with Crippen molar-refractivity contribution in [3.63, 3.8) is 0 Å². The molecule has 0 rings (SSSR count). The molecule has 0 heterocycles. The highest BCUT2D eigenvalue weighted by Gasteiger charge is 2.14. The highest BCUT2D eigenvalue weighted by molar-refractivity contribution is 5.89. The van der Waals surface area contributed by atoms with E-state index in [0.29, 0.717) is 0 Å². The molecule has 0 aliphatic rings. The molecule has 0 saturated carbocycles. The van der Waals surface area contributed by atoms with Crippen LogP contribution in [0.3, 0.4) is 0 Å². The maximum atomic E-state index is 11.1. The third kappa shape index (κ3) is 5.63. The van der Waals surface area contributed by atoms with Crippen molar-refractivity contribution in [2.45, 2.75) is 25.9 Å².